The van der Waals surface area contributed by atoms with E-state index in [4.69, 9.17) is 4.74 Å². The van der Waals surface area contributed by atoms with Gasteiger partial charge in [-0.05, 0) is 49.4 Å². The molecule has 1 heterocycles. The monoisotopic (exact) mass is 325 g/mol. The third-order valence-corrected chi connectivity index (χ3v) is 4.30. The fourth-order valence-corrected chi connectivity index (χ4v) is 3.21. The van der Waals surface area contributed by atoms with E-state index >= 15 is 0 Å². The Hall–Kier alpha value is -2.36. The zero-order valence-corrected chi connectivity index (χ0v) is 14.4. The van der Waals surface area contributed by atoms with Crippen molar-refractivity contribution >= 4 is 22.8 Å². The molecule has 0 aliphatic carbocycles. The fourth-order valence-electron chi connectivity index (χ4n) is 3.21. The van der Waals surface area contributed by atoms with Gasteiger partial charge in [0, 0.05) is 13.0 Å². The van der Waals surface area contributed by atoms with Gasteiger partial charge in [-0.3, -0.25) is 4.79 Å². The minimum absolute atomic E-state index is 0.141. The minimum Gasteiger partial charge on any atom is -0.443 e. The van der Waals surface area contributed by atoms with Crippen LogP contribution in [0.2, 0.25) is 0 Å². The number of rotatable bonds is 1. The van der Waals surface area contributed by atoms with Crippen LogP contribution in [0.4, 0.5) is 4.79 Å². The van der Waals surface area contributed by atoms with Crippen molar-refractivity contribution in [1.82, 2.24) is 4.90 Å². The number of carbonyl (C=O) groups is 2. The molecule has 0 bridgehead atoms. The van der Waals surface area contributed by atoms with E-state index in [1.54, 1.807) is 20.8 Å². The van der Waals surface area contributed by atoms with Crippen LogP contribution >= 0.6 is 0 Å². The number of fused-ring (bicyclic) bond motifs is 1. The second-order valence-corrected chi connectivity index (χ2v) is 7.28. The molecule has 0 unspecified atom stereocenters. The number of piperidine rings is 1. The standard InChI is InChI=1S/C20H23NO3/c1-20(2,3)24-19(23)21-12-11-15(13-18(21)22)17-10-6-8-14-7-4-5-9-16(14)17/h4-10,15H,11-13H2,1-3H3/t15-/m1/s1. The van der Waals surface area contributed by atoms with E-state index in [-0.39, 0.29) is 11.8 Å². The van der Waals surface area contributed by atoms with Crippen molar-refractivity contribution in [2.45, 2.75) is 45.1 Å². The van der Waals surface area contributed by atoms with Gasteiger partial charge in [0.2, 0.25) is 5.91 Å². The van der Waals surface area contributed by atoms with E-state index in [2.05, 4.69) is 24.3 Å². The lowest BCUT2D eigenvalue weighted by Crippen LogP contribution is -2.44. The number of carbonyl (C=O) groups excluding carboxylic acids is 2. The maximum Gasteiger partial charge on any atom is 0.417 e. The molecule has 4 nitrogen and oxygen atoms in total. The Bertz CT molecular complexity index is 771. The topological polar surface area (TPSA) is 46.6 Å². The van der Waals surface area contributed by atoms with Crippen LogP contribution < -0.4 is 0 Å². The summed E-state index contributed by atoms with van der Waals surface area (Å²) in [7, 11) is 0. The fraction of sp³-hybridized carbons (Fsp3) is 0.400. The Morgan fingerprint density at radius 1 is 1.12 bits per heavy atom. The van der Waals surface area contributed by atoms with Gasteiger partial charge >= 0.3 is 6.09 Å². The Balaban J connectivity index is 1.78. The summed E-state index contributed by atoms with van der Waals surface area (Å²) in [4.78, 5) is 25.9. The molecule has 1 fully saturated rings. The molecular weight excluding hydrogens is 302 g/mol. The molecule has 0 aromatic heterocycles. The van der Waals surface area contributed by atoms with Gasteiger partial charge < -0.3 is 4.74 Å². The van der Waals surface area contributed by atoms with Crippen LogP contribution in [0, 0.1) is 0 Å². The molecule has 2 amide bonds. The first-order valence-corrected chi connectivity index (χ1v) is 8.36. The average molecular weight is 325 g/mol. The van der Waals surface area contributed by atoms with Crippen molar-refractivity contribution in [2.75, 3.05) is 6.54 Å². The highest BCUT2D eigenvalue weighted by Crippen LogP contribution is 2.33. The molecule has 0 radical (unpaired) electrons. The second-order valence-electron chi connectivity index (χ2n) is 7.28. The summed E-state index contributed by atoms with van der Waals surface area (Å²) < 4.78 is 5.32. The maximum absolute atomic E-state index is 12.5. The summed E-state index contributed by atoms with van der Waals surface area (Å²) in [5, 5.41) is 2.36. The molecular formula is C20H23NO3. The van der Waals surface area contributed by atoms with Crippen LogP contribution in [-0.4, -0.2) is 29.0 Å². The minimum atomic E-state index is -0.593. The van der Waals surface area contributed by atoms with E-state index in [1.807, 2.05) is 18.2 Å². The van der Waals surface area contributed by atoms with E-state index in [1.165, 1.54) is 21.2 Å². The van der Waals surface area contributed by atoms with Crippen molar-refractivity contribution in [3.05, 3.63) is 48.0 Å². The summed E-state index contributed by atoms with van der Waals surface area (Å²) in [5.74, 6) is -0.0179. The summed E-state index contributed by atoms with van der Waals surface area (Å²) >= 11 is 0. The maximum atomic E-state index is 12.5. The highest BCUT2D eigenvalue weighted by Gasteiger charge is 2.33. The van der Waals surface area contributed by atoms with Gasteiger partial charge in [0.25, 0.3) is 0 Å². The number of benzene rings is 2. The first kappa shape index (κ1) is 16.5. The lowest BCUT2D eigenvalue weighted by Gasteiger charge is -2.32. The van der Waals surface area contributed by atoms with Crippen LogP contribution in [0.15, 0.2) is 42.5 Å². The van der Waals surface area contributed by atoms with Crippen molar-refractivity contribution in [2.24, 2.45) is 0 Å². The average Bonchev–Trinajstić information content (AvgIpc) is 2.52. The normalized spacial score (nSPS) is 18.7. The lowest BCUT2D eigenvalue weighted by atomic mass is 9.86. The third-order valence-electron chi connectivity index (χ3n) is 4.30. The summed E-state index contributed by atoms with van der Waals surface area (Å²) in [6.07, 6.45) is 0.565. The van der Waals surface area contributed by atoms with Gasteiger partial charge in [-0.25, -0.2) is 9.69 Å². The van der Waals surface area contributed by atoms with Crippen molar-refractivity contribution < 1.29 is 14.3 Å². The predicted molar refractivity (Wildman–Crippen MR) is 93.9 cm³/mol. The second kappa shape index (κ2) is 6.27. The Kier molecular flexibility index (Phi) is 4.31. The SMILES string of the molecule is CC(C)(C)OC(=O)N1CC[C@@H](c2cccc3ccccc23)CC1=O. The van der Waals surface area contributed by atoms with E-state index in [0.29, 0.717) is 13.0 Å². The summed E-state index contributed by atoms with van der Waals surface area (Å²) in [6.45, 7) is 5.82. The predicted octanol–water partition coefficient (Wildman–Crippen LogP) is 4.48. The van der Waals surface area contributed by atoms with Crippen molar-refractivity contribution in [1.29, 1.82) is 0 Å². The van der Waals surface area contributed by atoms with Crippen LogP contribution in [0.25, 0.3) is 10.8 Å². The summed E-state index contributed by atoms with van der Waals surface area (Å²) in [5.41, 5.74) is 0.592. The Labute approximate surface area is 142 Å². The first-order chi connectivity index (χ1) is 11.3. The molecule has 1 aliphatic rings. The first-order valence-electron chi connectivity index (χ1n) is 8.36. The number of likely N-dealkylation sites (tertiary alicyclic amines) is 1. The molecule has 1 atom stereocenters. The largest absolute Gasteiger partial charge is 0.443 e. The zero-order valence-electron chi connectivity index (χ0n) is 14.4. The molecule has 3 rings (SSSR count). The molecule has 24 heavy (non-hydrogen) atoms. The van der Waals surface area contributed by atoms with Gasteiger partial charge in [0.05, 0.1) is 0 Å². The molecule has 2 aromatic rings. The molecule has 126 valence electrons. The zero-order chi connectivity index (χ0) is 17.3. The third kappa shape index (κ3) is 3.42. The highest BCUT2D eigenvalue weighted by molar-refractivity contribution is 5.94. The van der Waals surface area contributed by atoms with E-state index < -0.39 is 11.7 Å². The van der Waals surface area contributed by atoms with Crippen molar-refractivity contribution in [3.63, 3.8) is 0 Å². The number of nitrogens with zero attached hydrogens (tertiary/aromatic N) is 1. The lowest BCUT2D eigenvalue weighted by molar-refractivity contribution is -0.132. The summed E-state index contributed by atoms with van der Waals surface area (Å²) in [6, 6.07) is 14.4. The van der Waals surface area contributed by atoms with Crippen molar-refractivity contribution in [3.8, 4) is 0 Å². The van der Waals surface area contributed by atoms with Gasteiger partial charge in [-0.1, -0.05) is 42.5 Å². The Morgan fingerprint density at radius 3 is 2.54 bits per heavy atom. The van der Waals surface area contributed by atoms with Crippen LogP contribution in [0.3, 0.4) is 0 Å². The molecule has 4 heteroatoms. The molecule has 0 N–H and O–H groups in total. The van der Waals surface area contributed by atoms with E-state index in [0.717, 1.165) is 6.42 Å². The molecule has 1 saturated heterocycles. The van der Waals surface area contributed by atoms with Gasteiger partial charge in [-0.15, -0.1) is 0 Å². The number of hydrogen-bond donors (Lipinski definition) is 0. The van der Waals surface area contributed by atoms with Gasteiger partial charge in [-0.2, -0.15) is 0 Å². The van der Waals surface area contributed by atoms with Crippen LogP contribution in [0.1, 0.15) is 45.1 Å². The number of ether oxygens (including phenoxy) is 1. The van der Waals surface area contributed by atoms with Gasteiger partial charge in [0.1, 0.15) is 5.60 Å². The number of hydrogen-bond acceptors (Lipinski definition) is 3. The van der Waals surface area contributed by atoms with E-state index in [9.17, 15) is 9.59 Å². The molecule has 2 aromatic carbocycles. The Morgan fingerprint density at radius 2 is 1.83 bits per heavy atom. The molecule has 0 spiro atoms. The quantitative estimate of drug-likeness (QED) is 0.776. The van der Waals surface area contributed by atoms with Gasteiger partial charge in [0.15, 0.2) is 0 Å². The number of amides is 2. The van der Waals surface area contributed by atoms with Crippen LogP contribution in [0.5, 0.6) is 0 Å². The molecule has 1 aliphatic heterocycles. The van der Waals surface area contributed by atoms with Crippen LogP contribution in [-0.2, 0) is 9.53 Å². The molecule has 0 saturated carbocycles. The number of imide groups is 1. The highest BCUT2D eigenvalue weighted by atomic mass is 16.6. The smallest absolute Gasteiger partial charge is 0.417 e.